The summed E-state index contributed by atoms with van der Waals surface area (Å²) in [4.78, 5) is 0. The monoisotopic (exact) mass is 149 g/mol. The van der Waals surface area contributed by atoms with Crippen LogP contribution >= 0.6 is 12.4 Å². The topological polar surface area (TPSA) is 21.3 Å². The molecule has 0 aromatic heterocycles. The summed E-state index contributed by atoms with van der Waals surface area (Å²) < 4.78 is 5.41. The lowest BCUT2D eigenvalue weighted by atomic mass is 10.1. The molecule has 0 radical (unpaired) electrons. The lowest BCUT2D eigenvalue weighted by Crippen LogP contribution is -2.34. The standard InChI is InChI=1S/C6H11NO.ClH/c1-2-7-5-3-6(1)8-4-5;/h5-7H,1-4H2;1H. The summed E-state index contributed by atoms with van der Waals surface area (Å²) in [6.45, 7) is 2.11. The predicted octanol–water partition coefficient (Wildman–Crippen LogP) is 0.559. The first-order valence-electron chi connectivity index (χ1n) is 3.30. The minimum absolute atomic E-state index is 0. The van der Waals surface area contributed by atoms with Crippen molar-refractivity contribution in [3.8, 4) is 0 Å². The van der Waals surface area contributed by atoms with Gasteiger partial charge in [0.2, 0.25) is 0 Å². The molecule has 0 saturated carbocycles. The maximum atomic E-state index is 5.41. The van der Waals surface area contributed by atoms with Crippen molar-refractivity contribution >= 4 is 12.4 Å². The normalized spacial score (nSPS) is 40.0. The zero-order chi connectivity index (χ0) is 5.40. The second-order valence-corrected chi connectivity index (χ2v) is 2.63. The van der Waals surface area contributed by atoms with Gasteiger partial charge in [-0.1, -0.05) is 0 Å². The Labute approximate surface area is 61.4 Å². The van der Waals surface area contributed by atoms with E-state index in [0.717, 1.165) is 13.2 Å². The molecule has 0 aromatic rings. The molecule has 2 unspecified atom stereocenters. The molecule has 1 N–H and O–H groups in total. The third kappa shape index (κ3) is 1.37. The van der Waals surface area contributed by atoms with Gasteiger partial charge in [0, 0.05) is 6.04 Å². The van der Waals surface area contributed by atoms with E-state index in [9.17, 15) is 0 Å². The number of hydrogen-bond acceptors (Lipinski definition) is 2. The summed E-state index contributed by atoms with van der Waals surface area (Å²) in [6, 6.07) is 0.689. The highest BCUT2D eigenvalue weighted by atomic mass is 35.5. The Bertz CT molecular complexity index is 85.1. The van der Waals surface area contributed by atoms with E-state index in [0.29, 0.717) is 12.1 Å². The fraction of sp³-hybridized carbons (Fsp3) is 1.00. The molecule has 2 fully saturated rings. The second kappa shape index (κ2) is 2.86. The van der Waals surface area contributed by atoms with Gasteiger partial charge in [-0.25, -0.2) is 0 Å². The number of halogens is 1. The van der Waals surface area contributed by atoms with Gasteiger partial charge in [-0.15, -0.1) is 12.4 Å². The van der Waals surface area contributed by atoms with Crippen molar-refractivity contribution in [2.75, 3.05) is 13.2 Å². The van der Waals surface area contributed by atoms with Gasteiger partial charge in [0.1, 0.15) is 0 Å². The molecule has 2 rings (SSSR count). The van der Waals surface area contributed by atoms with Crippen LogP contribution in [0.3, 0.4) is 0 Å². The van der Waals surface area contributed by atoms with Crippen molar-refractivity contribution in [1.82, 2.24) is 5.32 Å². The van der Waals surface area contributed by atoms with E-state index >= 15 is 0 Å². The fourth-order valence-electron chi connectivity index (χ4n) is 1.50. The number of hydrogen-bond donors (Lipinski definition) is 1. The van der Waals surface area contributed by atoms with Crippen LogP contribution in [-0.4, -0.2) is 25.3 Å². The molecule has 2 aliphatic heterocycles. The summed E-state index contributed by atoms with van der Waals surface area (Å²) in [6.07, 6.45) is 3.07. The van der Waals surface area contributed by atoms with Crippen molar-refractivity contribution in [3.63, 3.8) is 0 Å². The third-order valence-electron chi connectivity index (χ3n) is 1.98. The average Bonchev–Trinajstić information content (AvgIpc) is 2.12. The molecule has 2 nitrogen and oxygen atoms in total. The summed E-state index contributed by atoms with van der Waals surface area (Å²) in [5.41, 5.74) is 0. The molecule has 2 aliphatic rings. The number of nitrogens with one attached hydrogen (secondary N) is 1. The maximum absolute atomic E-state index is 5.41. The minimum atomic E-state index is 0. The van der Waals surface area contributed by atoms with Gasteiger partial charge in [0.05, 0.1) is 12.7 Å². The lowest BCUT2D eigenvalue weighted by Gasteiger charge is -2.16. The minimum Gasteiger partial charge on any atom is -0.376 e. The van der Waals surface area contributed by atoms with E-state index < -0.39 is 0 Å². The zero-order valence-corrected chi connectivity index (χ0v) is 6.12. The van der Waals surface area contributed by atoms with E-state index in [1.165, 1.54) is 12.8 Å². The van der Waals surface area contributed by atoms with Gasteiger partial charge in [-0.3, -0.25) is 0 Å². The van der Waals surface area contributed by atoms with Crippen LogP contribution in [0.4, 0.5) is 0 Å². The Morgan fingerprint density at radius 1 is 1.44 bits per heavy atom. The molecule has 2 bridgehead atoms. The van der Waals surface area contributed by atoms with Gasteiger partial charge in [0.15, 0.2) is 0 Å². The molecule has 2 heterocycles. The molecule has 9 heavy (non-hydrogen) atoms. The second-order valence-electron chi connectivity index (χ2n) is 2.63. The van der Waals surface area contributed by atoms with Crippen LogP contribution < -0.4 is 5.32 Å². The summed E-state index contributed by atoms with van der Waals surface area (Å²) in [5.74, 6) is 0. The lowest BCUT2D eigenvalue weighted by molar-refractivity contribution is 0.110. The van der Waals surface area contributed by atoms with Gasteiger partial charge < -0.3 is 10.1 Å². The molecule has 54 valence electrons. The third-order valence-corrected chi connectivity index (χ3v) is 1.98. The number of ether oxygens (including phenoxy) is 1. The summed E-state index contributed by atoms with van der Waals surface area (Å²) in [7, 11) is 0. The Morgan fingerprint density at radius 2 is 2.33 bits per heavy atom. The van der Waals surface area contributed by atoms with Crippen LogP contribution in [0, 0.1) is 0 Å². The Hall–Kier alpha value is 0.210. The number of rotatable bonds is 0. The summed E-state index contributed by atoms with van der Waals surface area (Å²) >= 11 is 0. The van der Waals surface area contributed by atoms with Gasteiger partial charge in [-0.05, 0) is 19.4 Å². The SMILES string of the molecule is C1CC2CC(CO2)N1.Cl. The molecule has 0 aromatic carbocycles. The number of fused-ring (bicyclic) bond motifs is 2. The van der Waals surface area contributed by atoms with E-state index in [4.69, 9.17) is 4.74 Å². The molecular formula is C6H12ClNO. The van der Waals surface area contributed by atoms with Crippen molar-refractivity contribution < 1.29 is 4.74 Å². The van der Waals surface area contributed by atoms with Crippen LogP contribution in [0.1, 0.15) is 12.8 Å². The predicted molar refractivity (Wildman–Crippen MR) is 38.0 cm³/mol. The van der Waals surface area contributed by atoms with Crippen molar-refractivity contribution in [2.24, 2.45) is 0 Å². The highest BCUT2D eigenvalue weighted by Gasteiger charge is 2.28. The zero-order valence-electron chi connectivity index (χ0n) is 5.30. The largest absolute Gasteiger partial charge is 0.376 e. The van der Waals surface area contributed by atoms with Gasteiger partial charge >= 0.3 is 0 Å². The smallest absolute Gasteiger partial charge is 0.0624 e. The first-order valence-corrected chi connectivity index (χ1v) is 3.30. The highest BCUT2D eigenvalue weighted by molar-refractivity contribution is 5.85. The molecule has 2 atom stereocenters. The van der Waals surface area contributed by atoms with Gasteiger partial charge in [-0.2, -0.15) is 0 Å². The van der Waals surface area contributed by atoms with Crippen LogP contribution in [0.2, 0.25) is 0 Å². The molecule has 0 spiro atoms. The first kappa shape index (κ1) is 7.32. The quantitative estimate of drug-likeness (QED) is 0.544. The molecule has 3 heteroatoms. The van der Waals surface area contributed by atoms with E-state index in [2.05, 4.69) is 5.32 Å². The summed E-state index contributed by atoms with van der Waals surface area (Å²) in [5, 5.41) is 3.39. The molecule has 0 aliphatic carbocycles. The van der Waals surface area contributed by atoms with Crippen molar-refractivity contribution in [1.29, 1.82) is 0 Å². The van der Waals surface area contributed by atoms with Crippen LogP contribution in [0.15, 0.2) is 0 Å². The van der Waals surface area contributed by atoms with Crippen LogP contribution in [0.5, 0.6) is 0 Å². The van der Waals surface area contributed by atoms with E-state index in [1.807, 2.05) is 0 Å². The maximum Gasteiger partial charge on any atom is 0.0624 e. The Balaban J connectivity index is 0.000000405. The van der Waals surface area contributed by atoms with E-state index in [1.54, 1.807) is 0 Å². The highest BCUT2D eigenvalue weighted by Crippen LogP contribution is 2.19. The van der Waals surface area contributed by atoms with Crippen molar-refractivity contribution in [3.05, 3.63) is 0 Å². The Morgan fingerprint density at radius 3 is 3.00 bits per heavy atom. The average molecular weight is 150 g/mol. The Kier molecular flexibility index (Phi) is 2.33. The first-order chi connectivity index (χ1) is 3.95. The van der Waals surface area contributed by atoms with Crippen LogP contribution in [-0.2, 0) is 4.74 Å². The van der Waals surface area contributed by atoms with Crippen molar-refractivity contribution in [2.45, 2.75) is 25.0 Å². The molecular weight excluding hydrogens is 138 g/mol. The number of piperidine rings is 1. The fourth-order valence-corrected chi connectivity index (χ4v) is 1.50. The van der Waals surface area contributed by atoms with Crippen LogP contribution in [0.25, 0.3) is 0 Å². The van der Waals surface area contributed by atoms with E-state index in [-0.39, 0.29) is 12.4 Å². The molecule has 0 amide bonds. The van der Waals surface area contributed by atoms with Gasteiger partial charge in [0.25, 0.3) is 0 Å². The molecule has 2 saturated heterocycles.